The van der Waals surface area contributed by atoms with Gasteiger partial charge in [-0.15, -0.1) is 11.6 Å². The van der Waals surface area contributed by atoms with Crippen LogP contribution in [0.2, 0.25) is 0 Å². The number of carbonyl (C=O) groups is 1. The molecule has 0 spiro atoms. The van der Waals surface area contributed by atoms with Crippen LogP contribution >= 0.6 is 11.6 Å². The smallest absolute Gasteiger partial charge is 0.228 e. The molecule has 16 heavy (non-hydrogen) atoms. The highest BCUT2D eigenvalue weighted by Crippen LogP contribution is 2.26. The Hall–Kier alpha value is -1.09. The summed E-state index contributed by atoms with van der Waals surface area (Å²) in [6.07, 6.45) is 2.34. The van der Waals surface area contributed by atoms with E-state index in [1.807, 2.05) is 19.9 Å². The Labute approximate surface area is 100 Å². The number of hydrogen-bond acceptors (Lipinski definition) is 2. The first-order valence-corrected chi connectivity index (χ1v) is 5.95. The molecule has 2 rings (SSSR count). The molecule has 1 aliphatic rings. The highest BCUT2D eigenvalue weighted by atomic mass is 35.5. The second-order valence-electron chi connectivity index (χ2n) is 4.38. The largest absolute Gasteiger partial charge is 0.296 e. The number of aromatic nitrogens is 1. The number of anilines is 1. The molecular formula is C12H15ClN2O. The first kappa shape index (κ1) is 11.4. The molecule has 0 saturated carbocycles. The van der Waals surface area contributed by atoms with E-state index in [-0.39, 0.29) is 11.8 Å². The second-order valence-corrected chi connectivity index (χ2v) is 4.69. The fourth-order valence-corrected chi connectivity index (χ4v) is 2.29. The molecule has 0 aromatic carbocycles. The quantitative estimate of drug-likeness (QED) is 0.741. The Kier molecular flexibility index (Phi) is 3.15. The zero-order valence-corrected chi connectivity index (χ0v) is 10.3. The summed E-state index contributed by atoms with van der Waals surface area (Å²) >= 11 is 5.79. The number of aryl methyl sites for hydroxylation is 2. The molecule has 1 amide bonds. The summed E-state index contributed by atoms with van der Waals surface area (Å²) < 4.78 is 0. The van der Waals surface area contributed by atoms with Crippen molar-refractivity contribution in [1.82, 2.24) is 4.98 Å². The van der Waals surface area contributed by atoms with E-state index in [0.717, 1.165) is 16.9 Å². The van der Waals surface area contributed by atoms with E-state index in [9.17, 15) is 4.79 Å². The van der Waals surface area contributed by atoms with Crippen LogP contribution in [0.3, 0.4) is 0 Å². The molecule has 0 bridgehead atoms. The number of pyridine rings is 1. The Morgan fingerprint density at radius 1 is 1.56 bits per heavy atom. The molecule has 1 fully saturated rings. The third-order valence-electron chi connectivity index (χ3n) is 2.87. The number of nitrogens with zero attached hydrogens (tertiary/aromatic N) is 2. The van der Waals surface area contributed by atoms with Gasteiger partial charge in [0.15, 0.2) is 0 Å². The third kappa shape index (κ3) is 2.05. The monoisotopic (exact) mass is 238 g/mol. The molecule has 1 atom stereocenters. The van der Waals surface area contributed by atoms with Crippen LogP contribution in [0.5, 0.6) is 0 Å². The van der Waals surface area contributed by atoms with Crippen LogP contribution in [0.4, 0.5) is 5.82 Å². The van der Waals surface area contributed by atoms with Gasteiger partial charge in [-0.05, 0) is 30.9 Å². The zero-order valence-electron chi connectivity index (χ0n) is 9.53. The van der Waals surface area contributed by atoms with Crippen molar-refractivity contribution >= 4 is 23.3 Å². The van der Waals surface area contributed by atoms with Crippen LogP contribution < -0.4 is 4.90 Å². The predicted octanol–water partition coefficient (Wildman–Crippen LogP) is 2.29. The van der Waals surface area contributed by atoms with Gasteiger partial charge >= 0.3 is 0 Å². The van der Waals surface area contributed by atoms with E-state index in [1.165, 1.54) is 0 Å². The van der Waals surface area contributed by atoms with E-state index in [0.29, 0.717) is 18.8 Å². The summed E-state index contributed by atoms with van der Waals surface area (Å²) in [5.74, 6) is 1.71. The highest BCUT2D eigenvalue weighted by molar-refractivity contribution is 6.18. The van der Waals surface area contributed by atoms with Crippen molar-refractivity contribution in [2.24, 2.45) is 5.92 Å². The molecule has 1 saturated heterocycles. The predicted molar refractivity (Wildman–Crippen MR) is 64.9 cm³/mol. The average Bonchev–Trinajstić information content (AvgIpc) is 2.60. The van der Waals surface area contributed by atoms with Crippen molar-refractivity contribution in [3.8, 4) is 0 Å². The van der Waals surface area contributed by atoms with Gasteiger partial charge in [0.2, 0.25) is 5.91 Å². The number of rotatable bonds is 2. The minimum atomic E-state index is 0.130. The molecule has 0 radical (unpaired) electrons. The maximum absolute atomic E-state index is 11.8. The van der Waals surface area contributed by atoms with Crippen molar-refractivity contribution in [2.45, 2.75) is 20.3 Å². The Bertz CT molecular complexity index is 419. The van der Waals surface area contributed by atoms with Crippen LogP contribution in [-0.4, -0.2) is 23.3 Å². The molecule has 3 nitrogen and oxygen atoms in total. The van der Waals surface area contributed by atoms with Crippen molar-refractivity contribution in [2.75, 3.05) is 17.3 Å². The molecule has 0 N–H and O–H groups in total. The minimum absolute atomic E-state index is 0.130. The van der Waals surface area contributed by atoms with Gasteiger partial charge in [-0.2, -0.15) is 0 Å². The Balaban J connectivity index is 2.28. The second kappa shape index (κ2) is 4.42. The molecule has 1 aliphatic heterocycles. The summed E-state index contributed by atoms with van der Waals surface area (Å²) in [6.45, 7) is 4.67. The van der Waals surface area contributed by atoms with Crippen LogP contribution in [0.25, 0.3) is 0 Å². The molecule has 0 aliphatic carbocycles. The normalized spacial score (nSPS) is 20.6. The fourth-order valence-electron chi connectivity index (χ4n) is 2.08. The maximum atomic E-state index is 11.8. The van der Waals surface area contributed by atoms with Crippen LogP contribution in [0.1, 0.15) is 17.5 Å². The van der Waals surface area contributed by atoms with Crippen LogP contribution in [0.15, 0.2) is 12.3 Å². The molecule has 86 valence electrons. The summed E-state index contributed by atoms with van der Waals surface area (Å²) in [5, 5.41) is 0. The first-order valence-electron chi connectivity index (χ1n) is 5.41. The van der Waals surface area contributed by atoms with Gasteiger partial charge in [-0.25, -0.2) is 4.98 Å². The number of amides is 1. The minimum Gasteiger partial charge on any atom is -0.296 e. The van der Waals surface area contributed by atoms with Gasteiger partial charge in [0.05, 0.1) is 0 Å². The van der Waals surface area contributed by atoms with Gasteiger partial charge in [0.1, 0.15) is 5.82 Å². The number of carbonyl (C=O) groups excluding carboxylic acids is 1. The van der Waals surface area contributed by atoms with Crippen molar-refractivity contribution in [3.05, 3.63) is 23.4 Å². The van der Waals surface area contributed by atoms with Crippen molar-refractivity contribution in [3.63, 3.8) is 0 Å². The van der Waals surface area contributed by atoms with Crippen molar-refractivity contribution in [1.29, 1.82) is 0 Å². The van der Waals surface area contributed by atoms with Gasteiger partial charge in [-0.1, -0.05) is 6.07 Å². The van der Waals surface area contributed by atoms with E-state index in [1.54, 1.807) is 11.1 Å². The van der Waals surface area contributed by atoms with E-state index >= 15 is 0 Å². The fraction of sp³-hybridized carbons (Fsp3) is 0.500. The van der Waals surface area contributed by atoms with Gasteiger partial charge < -0.3 is 0 Å². The number of alkyl halides is 1. The third-order valence-corrected chi connectivity index (χ3v) is 3.30. The van der Waals surface area contributed by atoms with Gasteiger partial charge in [0.25, 0.3) is 0 Å². The summed E-state index contributed by atoms with van der Waals surface area (Å²) in [5.41, 5.74) is 2.16. The number of hydrogen-bond donors (Lipinski definition) is 0. The average molecular weight is 239 g/mol. The topological polar surface area (TPSA) is 33.2 Å². The molecule has 2 heterocycles. The van der Waals surface area contributed by atoms with Crippen LogP contribution in [-0.2, 0) is 4.79 Å². The van der Waals surface area contributed by atoms with Crippen LogP contribution in [0, 0.1) is 19.8 Å². The lowest BCUT2D eigenvalue weighted by Crippen LogP contribution is -2.26. The maximum Gasteiger partial charge on any atom is 0.228 e. The Morgan fingerprint density at radius 2 is 2.31 bits per heavy atom. The van der Waals surface area contributed by atoms with E-state index in [4.69, 9.17) is 11.6 Å². The SMILES string of the molecule is Cc1cnc(N2CC(CCl)CC2=O)c(C)c1. The molecule has 1 aromatic heterocycles. The lowest BCUT2D eigenvalue weighted by molar-refractivity contribution is -0.117. The van der Waals surface area contributed by atoms with Crippen molar-refractivity contribution < 1.29 is 4.79 Å². The summed E-state index contributed by atoms with van der Waals surface area (Å²) in [4.78, 5) is 17.9. The first-order chi connectivity index (χ1) is 7.61. The van der Waals surface area contributed by atoms with E-state index < -0.39 is 0 Å². The standard InChI is InChI=1S/C12H15ClN2O/c1-8-3-9(2)12(14-6-8)15-7-10(5-13)4-11(15)16/h3,6,10H,4-5,7H2,1-2H3. The lowest BCUT2D eigenvalue weighted by atomic mass is 10.1. The molecule has 1 aromatic rings. The number of halogens is 1. The van der Waals surface area contributed by atoms with E-state index in [2.05, 4.69) is 4.98 Å². The summed E-state index contributed by atoms with van der Waals surface area (Å²) in [6, 6.07) is 2.05. The Morgan fingerprint density at radius 3 is 2.88 bits per heavy atom. The van der Waals surface area contributed by atoms with Gasteiger partial charge in [0, 0.05) is 25.0 Å². The highest BCUT2D eigenvalue weighted by Gasteiger charge is 2.31. The zero-order chi connectivity index (χ0) is 11.7. The lowest BCUT2D eigenvalue weighted by Gasteiger charge is -2.17. The molecule has 1 unspecified atom stereocenters. The molecular weight excluding hydrogens is 224 g/mol. The summed E-state index contributed by atoms with van der Waals surface area (Å²) in [7, 11) is 0. The van der Waals surface area contributed by atoms with Gasteiger partial charge in [-0.3, -0.25) is 9.69 Å². The molecule has 4 heteroatoms.